The molecule has 6 nitrogen and oxygen atoms in total. The van der Waals surface area contributed by atoms with Crippen LogP contribution in [0.2, 0.25) is 5.02 Å². The van der Waals surface area contributed by atoms with Crippen molar-refractivity contribution in [2.24, 2.45) is 4.99 Å². The fourth-order valence-electron chi connectivity index (χ4n) is 7.43. The Morgan fingerprint density at radius 3 is 1.87 bits per heavy atom. The molecule has 0 unspecified atom stereocenters. The van der Waals surface area contributed by atoms with E-state index in [0.29, 0.717) is 40.6 Å². The Morgan fingerprint density at radius 2 is 1.26 bits per heavy atom. The van der Waals surface area contributed by atoms with Crippen LogP contribution < -0.4 is 5.32 Å². The fraction of sp³-hybridized carbons (Fsp3) is 0.109. The van der Waals surface area contributed by atoms with Gasteiger partial charge in [0.25, 0.3) is 0 Å². The molecule has 0 saturated heterocycles. The van der Waals surface area contributed by atoms with Crippen molar-refractivity contribution in [3.8, 4) is 11.1 Å². The Labute approximate surface area is 313 Å². The zero-order valence-corrected chi connectivity index (χ0v) is 29.6. The normalized spacial score (nSPS) is 13.6. The third-order valence-electron chi connectivity index (χ3n) is 9.84. The summed E-state index contributed by atoms with van der Waals surface area (Å²) in [5, 5.41) is 18.6. The molecular weight excluding hydrogens is 678 g/mol. The van der Waals surface area contributed by atoms with Crippen LogP contribution in [-0.4, -0.2) is 40.2 Å². The van der Waals surface area contributed by atoms with E-state index in [0.717, 1.165) is 16.7 Å². The molecule has 8 rings (SSSR count). The highest BCUT2D eigenvalue weighted by Gasteiger charge is 2.26. The van der Waals surface area contributed by atoms with Gasteiger partial charge in [0, 0.05) is 35.7 Å². The number of aliphatic carboxylic acids is 1. The van der Waals surface area contributed by atoms with E-state index in [1.807, 2.05) is 60.7 Å². The van der Waals surface area contributed by atoms with Gasteiger partial charge >= 0.3 is 5.97 Å². The second-order valence-corrected chi connectivity index (χ2v) is 13.8. The first-order chi connectivity index (χ1) is 25.9. The Balaban J connectivity index is 1.14. The number of carbonyl (C=O) groups excluding carboxylic acids is 1. The second kappa shape index (κ2) is 14.9. The highest BCUT2D eigenvalue weighted by Crippen LogP contribution is 2.42. The van der Waals surface area contributed by atoms with Crippen molar-refractivity contribution in [2.75, 3.05) is 11.9 Å². The number of carboxylic acids is 1. The molecule has 0 saturated carbocycles. The number of fused-ring (bicyclic) bond motifs is 7. The van der Waals surface area contributed by atoms with E-state index in [-0.39, 0.29) is 18.9 Å². The molecule has 1 aliphatic heterocycles. The molecular formula is C46H36ClN3O3. The summed E-state index contributed by atoms with van der Waals surface area (Å²) in [7, 11) is 0. The lowest BCUT2D eigenvalue weighted by atomic mass is 9.88. The minimum atomic E-state index is -1.07. The van der Waals surface area contributed by atoms with Crippen LogP contribution in [0.3, 0.4) is 0 Å². The molecule has 0 fully saturated rings. The predicted molar refractivity (Wildman–Crippen MR) is 215 cm³/mol. The number of anilines is 1. The van der Waals surface area contributed by atoms with Crippen LogP contribution in [0.15, 0.2) is 157 Å². The molecule has 1 amide bonds. The van der Waals surface area contributed by atoms with Gasteiger partial charge in [0.1, 0.15) is 0 Å². The number of hydrogen-bond donors (Lipinski definition) is 2. The summed E-state index contributed by atoms with van der Waals surface area (Å²) in [6.07, 6.45) is 0.206. The van der Waals surface area contributed by atoms with Crippen molar-refractivity contribution in [3.05, 3.63) is 184 Å². The highest BCUT2D eigenvalue weighted by molar-refractivity contribution is 6.31. The lowest BCUT2D eigenvalue weighted by Crippen LogP contribution is -2.32. The molecule has 1 aliphatic rings. The molecule has 1 atom stereocenters. The third kappa shape index (κ3) is 7.20. The van der Waals surface area contributed by atoms with Crippen molar-refractivity contribution in [1.29, 1.82) is 0 Å². The number of carboxylic acid groups (broad SMARTS) is 1. The van der Waals surface area contributed by atoms with E-state index in [1.54, 1.807) is 18.2 Å². The van der Waals surface area contributed by atoms with Crippen LogP contribution in [0.1, 0.15) is 27.8 Å². The van der Waals surface area contributed by atoms with E-state index < -0.39 is 12.0 Å². The van der Waals surface area contributed by atoms with Gasteiger partial charge in [-0.1, -0.05) is 145 Å². The molecule has 1 heterocycles. The van der Waals surface area contributed by atoms with Gasteiger partial charge in [0.15, 0.2) is 6.04 Å². The lowest BCUT2D eigenvalue weighted by molar-refractivity contribution is -0.138. The first kappa shape index (κ1) is 34.0. The van der Waals surface area contributed by atoms with Crippen molar-refractivity contribution in [2.45, 2.75) is 25.6 Å². The topological polar surface area (TPSA) is 82.0 Å². The smallest absolute Gasteiger partial charge is 0.328 e. The van der Waals surface area contributed by atoms with E-state index in [2.05, 4.69) is 83.0 Å². The third-order valence-corrected chi connectivity index (χ3v) is 10.1. The van der Waals surface area contributed by atoms with Crippen molar-refractivity contribution >= 4 is 56.4 Å². The zero-order chi connectivity index (χ0) is 36.3. The van der Waals surface area contributed by atoms with Crippen LogP contribution >= 0.6 is 11.6 Å². The van der Waals surface area contributed by atoms with Crippen LogP contribution in [0.25, 0.3) is 32.7 Å². The maximum Gasteiger partial charge on any atom is 0.328 e. The van der Waals surface area contributed by atoms with Crippen molar-refractivity contribution in [1.82, 2.24) is 4.90 Å². The maximum atomic E-state index is 14.1. The Kier molecular flexibility index (Phi) is 9.55. The number of aliphatic imine (C=N–C) groups is 1. The summed E-state index contributed by atoms with van der Waals surface area (Å²) < 4.78 is 0. The summed E-state index contributed by atoms with van der Waals surface area (Å²) in [5.41, 5.74) is 7.80. The average molecular weight is 714 g/mol. The van der Waals surface area contributed by atoms with Gasteiger partial charge in [-0.2, -0.15) is 0 Å². The summed E-state index contributed by atoms with van der Waals surface area (Å²) in [6.45, 7) is 1.30. The molecule has 0 aliphatic carbocycles. The molecule has 0 bridgehead atoms. The summed E-state index contributed by atoms with van der Waals surface area (Å²) in [6, 6.07) is 48.7. The van der Waals surface area contributed by atoms with E-state index in [9.17, 15) is 14.7 Å². The predicted octanol–water partition coefficient (Wildman–Crippen LogP) is 9.80. The average Bonchev–Trinajstić information content (AvgIpc) is 3.34. The largest absolute Gasteiger partial charge is 0.480 e. The first-order valence-corrected chi connectivity index (χ1v) is 18.0. The Bertz CT molecular complexity index is 2430. The number of benzene rings is 7. The van der Waals surface area contributed by atoms with Gasteiger partial charge in [0.2, 0.25) is 5.91 Å². The lowest BCUT2D eigenvalue weighted by Gasteiger charge is -2.22. The summed E-state index contributed by atoms with van der Waals surface area (Å²) in [5.74, 6) is -1.25. The maximum absolute atomic E-state index is 14.1. The Morgan fingerprint density at radius 1 is 0.698 bits per heavy atom. The number of nitrogens with zero attached hydrogens (tertiary/aromatic N) is 2. The van der Waals surface area contributed by atoms with Gasteiger partial charge in [-0.05, 0) is 67.6 Å². The van der Waals surface area contributed by atoms with Crippen molar-refractivity contribution in [3.63, 3.8) is 0 Å². The van der Waals surface area contributed by atoms with Crippen molar-refractivity contribution < 1.29 is 14.7 Å². The number of rotatable bonds is 9. The second-order valence-electron chi connectivity index (χ2n) is 13.4. The number of nitrogens with one attached hydrogen (secondary N) is 1. The van der Waals surface area contributed by atoms with E-state index >= 15 is 0 Å². The van der Waals surface area contributed by atoms with Gasteiger partial charge in [-0.25, -0.2) is 4.79 Å². The molecule has 260 valence electrons. The standard InChI is InChI=1S/C46H36ClN3O3/c47-36-23-24-40(39(26-36)45(33-15-5-2-6-16-33)49-41(46(52)53)25-30-11-3-1-4-12-30)48-42(51)29-50-27-34-21-19-31-13-7-9-17-37(31)43(34)44-35(28-50)22-20-32-14-8-10-18-38(32)44/h1-24,26,41H,25,27-29H2,(H,48,51)(H,52,53)/t41-/m0/s1. The minimum absolute atomic E-state index is 0.129. The Hall–Kier alpha value is -6.08. The number of carbonyl (C=O) groups is 2. The monoisotopic (exact) mass is 713 g/mol. The van der Waals surface area contributed by atoms with Gasteiger partial charge in [0.05, 0.1) is 17.9 Å². The molecule has 7 aromatic carbocycles. The highest BCUT2D eigenvalue weighted by atomic mass is 35.5. The fourth-order valence-corrected chi connectivity index (χ4v) is 7.60. The summed E-state index contributed by atoms with van der Waals surface area (Å²) >= 11 is 6.57. The van der Waals surface area contributed by atoms with Gasteiger partial charge < -0.3 is 10.4 Å². The minimum Gasteiger partial charge on any atom is -0.480 e. The zero-order valence-electron chi connectivity index (χ0n) is 28.9. The molecule has 0 aromatic heterocycles. The SMILES string of the molecule is O=C(CN1Cc2ccc3ccccc3c2-c2c(ccc3ccccc23)C1)Nc1ccc(Cl)cc1C(=N[C@@H](Cc1ccccc1)C(=O)O)c1ccccc1. The van der Waals surface area contributed by atoms with E-state index in [1.165, 1.54) is 32.7 Å². The molecule has 0 spiro atoms. The quantitative estimate of drug-likeness (QED) is 0.146. The van der Waals surface area contributed by atoms with Crippen LogP contribution in [0.4, 0.5) is 5.69 Å². The number of amides is 1. The molecule has 7 heteroatoms. The van der Waals surface area contributed by atoms with E-state index in [4.69, 9.17) is 16.6 Å². The molecule has 7 aromatic rings. The number of hydrogen-bond acceptors (Lipinski definition) is 4. The number of halogens is 1. The molecule has 2 N–H and O–H groups in total. The molecule has 0 radical (unpaired) electrons. The van der Waals surface area contributed by atoms with Gasteiger partial charge in [-0.3, -0.25) is 14.7 Å². The van der Waals surface area contributed by atoms with Crippen LogP contribution in [0.5, 0.6) is 0 Å². The molecule has 53 heavy (non-hydrogen) atoms. The van der Waals surface area contributed by atoms with Gasteiger partial charge in [-0.15, -0.1) is 0 Å². The first-order valence-electron chi connectivity index (χ1n) is 17.6. The van der Waals surface area contributed by atoms with Crippen LogP contribution in [-0.2, 0) is 29.1 Å². The van der Waals surface area contributed by atoms with Crippen LogP contribution in [0, 0.1) is 0 Å². The summed E-state index contributed by atoms with van der Waals surface area (Å²) in [4.78, 5) is 33.7.